The standard InChI is InChI=1S/C19H19F3N4O/c20-19(21,22)15-4-6-16(7-5-15)24-17-3-1-8-23-18(17)26-12-10-25(11-13-26)9-2-14-27/h1-9,14,24H,10-13H2. The summed E-state index contributed by atoms with van der Waals surface area (Å²) in [6.07, 6.45) is 1.32. The van der Waals surface area contributed by atoms with Gasteiger partial charge in [-0.25, -0.2) is 4.98 Å². The van der Waals surface area contributed by atoms with Crippen molar-refractivity contribution in [3.05, 3.63) is 60.4 Å². The highest BCUT2D eigenvalue weighted by atomic mass is 19.4. The number of hydrogen-bond donors (Lipinski definition) is 1. The van der Waals surface area contributed by atoms with Crippen LogP contribution in [0.1, 0.15) is 5.56 Å². The maximum atomic E-state index is 12.7. The predicted molar refractivity (Wildman–Crippen MR) is 98.0 cm³/mol. The summed E-state index contributed by atoms with van der Waals surface area (Å²) in [6.45, 7) is 2.95. The first-order chi connectivity index (χ1) is 13.0. The van der Waals surface area contributed by atoms with E-state index < -0.39 is 11.7 Å². The van der Waals surface area contributed by atoms with Gasteiger partial charge in [0.1, 0.15) is 6.29 Å². The fourth-order valence-corrected chi connectivity index (χ4v) is 2.88. The van der Waals surface area contributed by atoms with E-state index in [1.165, 1.54) is 18.2 Å². The minimum atomic E-state index is -4.35. The molecule has 0 aliphatic carbocycles. The zero-order chi connectivity index (χ0) is 19.3. The fourth-order valence-electron chi connectivity index (χ4n) is 2.88. The van der Waals surface area contributed by atoms with Gasteiger partial charge in [-0.15, -0.1) is 0 Å². The zero-order valence-corrected chi connectivity index (χ0v) is 14.5. The normalized spacial score (nSPS) is 15.2. The van der Waals surface area contributed by atoms with Crippen LogP contribution >= 0.6 is 0 Å². The van der Waals surface area contributed by atoms with Gasteiger partial charge in [-0.05, 0) is 42.5 Å². The van der Waals surface area contributed by atoms with Gasteiger partial charge >= 0.3 is 6.18 Å². The summed E-state index contributed by atoms with van der Waals surface area (Å²) in [5, 5.41) is 3.15. The van der Waals surface area contributed by atoms with Crippen LogP contribution in [0.2, 0.25) is 0 Å². The number of pyridine rings is 1. The van der Waals surface area contributed by atoms with Crippen molar-refractivity contribution in [3.63, 3.8) is 0 Å². The van der Waals surface area contributed by atoms with Crippen molar-refractivity contribution in [3.8, 4) is 0 Å². The minimum Gasteiger partial charge on any atom is -0.374 e. The molecule has 0 amide bonds. The molecule has 142 valence electrons. The lowest BCUT2D eigenvalue weighted by molar-refractivity contribution is -0.137. The number of aldehydes is 1. The number of alkyl halides is 3. The van der Waals surface area contributed by atoms with Crippen molar-refractivity contribution >= 4 is 23.5 Å². The summed E-state index contributed by atoms with van der Waals surface area (Å²) in [6, 6.07) is 8.54. The van der Waals surface area contributed by atoms with E-state index in [1.54, 1.807) is 18.5 Å². The summed E-state index contributed by atoms with van der Waals surface area (Å²) in [5.41, 5.74) is 0.609. The first-order valence-electron chi connectivity index (χ1n) is 8.47. The third kappa shape index (κ3) is 4.78. The Balaban J connectivity index is 1.71. The first-order valence-corrected chi connectivity index (χ1v) is 8.47. The van der Waals surface area contributed by atoms with Crippen molar-refractivity contribution in [1.29, 1.82) is 0 Å². The number of hydrogen-bond acceptors (Lipinski definition) is 5. The van der Waals surface area contributed by atoms with Gasteiger partial charge in [-0.3, -0.25) is 4.79 Å². The molecule has 1 aromatic carbocycles. The van der Waals surface area contributed by atoms with Crippen molar-refractivity contribution in [1.82, 2.24) is 9.88 Å². The van der Waals surface area contributed by atoms with E-state index in [2.05, 4.69) is 20.1 Å². The maximum absolute atomic E-state index is 12.7. The van der Waals surface area contributed by atoms with E-state index in [9.17, 15) is 18.0 Å². The van der Waals surface area contributed by atoms with E-state index in [-0.39, 0.29) is 0 Å². The number of anilines is 3. The van der Waals surface area contributed by atoms with Crippen molar-refractivity contribution in [2.75, 3.05) is 36.4 Å². The van der Waals surface area contributed by atoms with Crippen LogP contribution in [0, 0.1) is 0 Å². The van der Waals surface area contributed by atoms with Crippen LogP contribution in [0.25, 0.3) is 0 Å². The molecule has 1 fully saturated rings. The van der Waals surface area contributed by atoms with Crippen LogP contribution in [0.15, 0.2) is 54.9 Å². The SMILES string of the molecule is O=CC=CN1CCN(c2ncccc2Nc2ccc(C(F)(F)F)cc2)CC1. The Kier molecular flexibility index (Phi) is 5.63. The van der Waals surface area contributed by atoms with Crippen LogP contribution in [-0.4, -0.2) is 42.3 Å². The number of aromatic nitrogens is 1. The van der Waals surface area contributed by atoms with Crippen molar-refractivity contribution in [2.45, 2.75) is 6.18 Å². The van der Waals surface area contributed by atoms with E-state index in [4.69, 9.17) is 0 Å². The molecule has 1 saturated heterocycles. The maximum Gasteiger partial charge on any atom is 0.416 e. The first kappa shape index (κ1) is 18.8. The monoisotopic (exact) mass is 376 g/mol. The Morgan fingerprint density at radius 2 is 1.74 bits per heavy atom. The Bertz CT molecular complexity index is 797. The number of piperazine rings is 1. The molecular weight excluding hydrogens is 357 g/mol. The highest BCUT2D eigenvalue weighted by Crippen LogP contribution is 2.32. The molecule has 2 heterocycles. The highest BCUT2D eigenvalue weighted by Gasteiger charge is 2.30. The molecule has 1 aliphatic rings. The molecule has 2 aromatic rings. The van der Waals surface area contributed by atoms with Crippen molar-refractivity contribution in [2.24, 2.45) is 0 Å². The lowest BCUT2D eigenvalue weighted by Gasteiger charge is -2.35. The van der Waals surface area contributed by atoms with Crippen molar-refractivity contribution < 1.29 is 18.0 Å². The van der Waals surface area contributed by atoms with Gasteiger partial charge in [-0.1, -0.05) is 0 Å². The molecule has 0 bridgehead atoms. The van der Waals surface area contributed by atoms with Gasteiger partial charge in [0.2, 0.25) is 0 Å². The topological polar surface area (TPSA) is 48.5 Å². The van der Waals surface area contributed by atoms with Gasteiger partial charge in [0, 0.05) is 44.3 Å². The Morgan fingerprint density at radius 1 is 1.04 bits per heavy atom. The lowest BCUT2D eigenvalue weighted by Crippen LogP contribution is -2.44. The minimum absolute atomic E-state index is 0.560. The molecule has 1 N–H and O–H groups in total. The second-order valence-electron chi connectivity index (χ2n) is 6.08. The average Bonchev–Trinajstić information content (AvgIpc) is 2.67. The van der Waals surface area contributed by atoms with E-state index in [1.807, 2.05) is 6.07 Å². The molecule has 0 spiro atoms. The van der Waals surface area contributed by atoms with Crippen LogP contribution in [0.5, 0.6) is 0 Å². The van der Waals surface area contributed by atoms with E-state index in [0.29, 0.717) is 5.69 Å². The van der Waals surface area contributed by atoms with E-state index >= 15 is 0 Å². The molecule has 1 aromatic heterocycles. The van der Waals surface area contributed by atoms with Gasteiger partial charge in [0.05, 0.1) is 11.3 Å². The van der Waals surface area contributed by atoms with Gasteiger partial charge in [0.25, 0.3) is 0 Å². The summed E-state index contributed by atoms with van der Waals surface area (Å²) < 4.78 is 38.1. The van der Waals surface area contributed by atoms with Crippen LogP contribution < -0.4 is 10.2 Å². The fraction of sp³-hybridized carbons (Fsp3) is 0.263. The molecule has 27 heavy (non-hydrogen) atoms. The van der Waals surface area contributed by atoms with Gasteiger partial charge in [-0.2, -0.15) is 13.2 Å². The number of nitrogens with zero attached hydrogens (tertiary/aromatic N) is 3. The van der Waals surface area contributed by atoms with Gasteiger partial charge < -0.3 is 15.1 Å². The second-order valence-corrected chi connectivity index (χ2v) is 6.08. The molecule has 3 rings (SSSR count). The molecule has 0 unspecified atom stereocenters. The average molecular weight is 376 g/mol. The Morgan fingerprint density at radius 3 is 2.37 bits per heavy atom. The predicted octanol–water partition coefficient (Wildman–Crippen LogP) is 3.68. The molecule has 8 heteroatoms. The zero-order valence-electron chi connectivity index (χ0n) is 14.5. The number of halogens is 3. The third-order valence-corrected chi connectivity index (χ3v) is 4.27. The summed E-state index contributed by atoms with van der Waals surface area (Å²) in [4.78, 5) is 19.0. The summed E-state index contributed by atoms with van der Waals surface area (Å²) in [7, 11) is 0. The van der Waals surface area contributed by atoms with Crippen LogP contribution in [0.3, 0.4) is 0 Å². The third-order valence-electron chi connectivity index (χ3n) is 4.27. The lowest BCUT2D eigenvalue weighted by atomic mass is 10.2. The number of carbonyl (C=O) groups is 1. The molecule has 1 aliphatic heterocycles. The molecule has 5 nitrogen and oxygen atoms in total. The largest absolute Gasteiger partial charge is 0.416 e. The number of allylic oxidation sites excluding steroid dienone is 1. The molecule has 0 radical (unpaired) electrons. The number of carbonyl (C=O) groups excluding carboxylic acids is 1. The summed E-state index contributed by atoms with van der Waals surface area (Å²) in [5.74, 6) is 0.747. The smallest absolute Gasteiger partial charge is 0.374 e. The van der Waals surface area contributed by atoms with Gasteiger partial charge in [0.15, 0.2) is 5.82 Å². The van der Waals surface area contributed by atoms with Crippen LogP contribution in [-0.2, 0) is 11.0 Å². The number of rotatable bonds is 5. The Labute approximate surface area is 155 Å². The van der Waals surface area contributed by atoms with E-state index in [0.717, 1.165) is 56.1 Å². The number of benzene rings is 1. The molecule has 0 atom stereocenters. The molecule has 0 saturated carbocycles. The summed E-state index contributed by atoms with van der Waals surface area (Å²) >= 11 is 0. The highest BCUT2D eigenvalue weighted by molar-refractivity contribution is 5.72. The van der Waals surface area contributed by atoms with Crippen LogP contribution in [0.4, 0.5) is 30.4 Å². The quantitative estimate of drug-likeness (QED) is 0.637. The molecular formula is C19H19F3N4O. The Hall–Kier alpha value is -3.03. The number of nitrogens with one attached hydrogen (secondary N) is 1. The second kappa shape index (κ2) is 8.11.